The van der Waals surface area contributed by atoms with Gasteiger partial charge in [-0.15, -0.1) is 0 Å². The van der Waals surface area contributed by atoms with Crippen molar-refractivity contribution >= 4 is 5.91 Å². The van der Waals surface area contributed by atoms with Gasteiger partial charge in [-0.2, -0.15) is 5.10 Å². The van der Waals surface area contributed by atoms with E-state index in [0.717, 1.165) is 0 Å². The summed E-state index contributed by atoms with van der Waals surface area (Å²) < 4.78 is 1.58. The molecule has 0 saturated carbocycles. The lowest BCUT2D eigenvalue weighted by molar-refractivity contribution is -0.130. The van der Waals surface area contributed by atoms with Gasteiger partial charge in [0.15, 0.2) is 0 Å². The van der Waals surface area contributed by atoms with Crippen LogP contribution in [0, 0.1) is 0 Å². The Labute approximate surface area is 89.3 Å². The molecule has 1 unspecified atom stereocenters. The van der Waals surface area contributed by atoms with Crippen molar-refractivity contribution in [3.8, 4) is 0 Å². The molecule has 0 saturated heterocycles. The predicted octanol–water partition coefficient (Wildman–Crippen LogP) is 0.112. The topological polar surface area (TPSA) is 58.4 Å². The quantitative estimate of drug-likeness (QED) is 0.752. The number of carbonyl (C=O) groups is 1. The van der Waals surface area contributed by atoms with Gasteiger partial charge >= 0.3 is 0 Å². The Kier molecular flexibility index (Phi) is 4.30. The molecule has 0 fully saturated rings. The minimum atomic E-state index is -0.370. The van der Waals surface area contributed by atoms with E-state index in [1.807, 2.05) is 0 Å². The van der Waals surface area contributed by atoms with Gasteiger partial charge in [-0.25, -0.2) is 0 Å². The fourth-order valence-electron chi connectivity index (χ4n) is 1.16. The number of rotatable bonds is 5. The summed E-state index contributed by atoms with van der Waals surface area (Å²) in [6.45, 7) is 2.53. The van der Waals surface area contributed by atoms with Gasteiger partial charge in [0.25, 0.3) is 0 Å². The molecule has 1 rings (SSSR count). The van der Waals surface area contributed by atoms with Crippen molar-refractivity contribution in [1.29, 1.82) is 0 Å². The van der Waals surface area contributed by atoms with E-state index in [1.165, 1.54) is 0 Å². The van der Waals surface area contributed by atoms with Gasteiger partial charge in [0.1, 0.15) is 6.54 Å². The molecule has 15 heavy (non-hydrogen) atoms. The summed E-state index contributed by atoms with van der Waals surface area (Å²) in [4.78, 5) is 13.2. The Morgan fingerprint density at radius 1 is 1.67 bits per heavy atom. The average molecular weight is 211 g/mol. The number of likely N-dealkylation sites (N-methyl/N-ethyl adjacent to an activating group) is 1. The third kappa shape index (κ3) is 4.12. The first kappa shape index (κ1) is 11.7. The molecule has 1 amide bonds. The lowest BCUT2D eigenvalue weighted by Gasteiger charge is -2.17. The zero-order chi connectivity index (χ0) is 11.3. The second kappa shape index (κ2) is 5.50. The second-order valence-electron chi connectivity index (χ2n) is 3.66. The van der Waals surface area contributed by atoms with Gasteiger partial charge in [0.05, 0.1) is 6.10 Å². The van der Waals surface area contributed by atoms with E-state index in [4.69, 9.17) is 5.11 Å². The molecule has 5 heteroatoms. The normalized spacial score (nSPS) is 12.5. The predicted molar refractivity (Wildman–Crippen MR) is 56.2 cm³/mol. The van der Waals surface area contributed by atoms with Gasteiger partial charge in [-0.3, -0.25) is 9.48 Å². The van der Waals surface area contributed by atoms with Gasteiger partial charge < -0.3 is 10.0 Å². The van der Waals surface area contributed by atoms with Crippen LogP contribution in [0.3, 0.4) is 0 Å². The monoisotopic (exact) mass is 211 g/mol. The summed E-state index contributed by atoms with van der Waals surface area (Å²) >= 11 is 0. The molecular formula is C10H17N3O2. The highest BCUT2D eigenvalue weighted by atomic mass is 16.3. The van der Waals surface area contributed by atoms with E-state index in [9.17, 15) is 4.79 Å². The maximum absolute atomic E-state index is 11.6. The van der Waals surface area contributed by atoms with E-state index in [0.29, 0.717) is 13.0 Å². The summed E-state index contributed by atoms with van der Waals surface area (Å²) in [7, 11) is 1.73. The van der Waals surface area contributed by atoms with Crippen LogP contribution in [0.1, 0.15) is 13.3 Å². The molecule has 5 nitrogen and oxygen atoms in total. The van der Waals surface area contributed by atoms with Crippen LogP contribution in [-0.4, -0.2) is 45.4 Å². The molecule has 0 aliphatic rings. The van der Waals surface area contributed by atoms with Crippen molar-refractivity contribution < 1.29 is 9.90 Å². The largest absolute Gasteiger partial charge is 0.393 e. The van der Waals surface area contributed by atoms with Crippen molar-refractivity contribution in [3.63, 3.8) is 0 Å². The fraction of sp³-hybridized carbons (Fsp3) is 0.600. The molecule has 0 radical (unpaired) electrons. The summed E-state index contributed by atoms with van der Waals surface area (Å²) in [5, 5.41) is 13.0. The molecule has 0 aliphatic carbocycles. The van der Waals surface area contributed by atoms with E-state index < -0.39 is 0 Å². The van der Waals surface area contributed by atoms with Gasteiger partial charge in [-0.1, -0.05) is 0 Å². The maximum Gasteiger partial charge on any atom is 0.244 e. The van der Waals surface area contributed by atoms with Crippen LogP contribution in [0.15, 0.2) is 18.5 Å². The molecule has 0 bridgehead atoms. The van der Waals surface area contributed by atoms with Crippen LogP contribution < -0.4 is 0 Å². The Hall–Kier alpha value is -1.36. The van der Waals surface area contributed by atoms with Gasteiger partial charge in [-0.05, 0) is 19.4 Å². The number of hydrogen-bond donors (Lipinski definition) is 1. The van der Waals surface area contributed by atoms with Crippen LogP contribution in [-0.2, 0) is 11.3 Å². The average Bonchev–Trinajstić information content (AvgIpc) is 2.66. The molecule has 1 atom stereocenters. The van der Waals surface area contributed by atoms with E-state index in [2.05, 4.69) is 5.10 Å². The molecule has 1 aromatic rings. The van der Waals surface area contributed by atoms with Crippen LogP contribution in [0.2, 0.25) is 0 Å². The lowest BCUT2D eigenvalue weighted by atomic mass is 10.3. The van der Waals surface area contributed by atoms with Crippen molar-refractivity contribution in [2.45, 2.75) is 26.0 Å². The number of carbonyl (C=O) groups excluding carboxylic acids is 1. The standard InChI is InChI=1S/C10H17N3O2/c1-9(14)4-7-12(2)10(15)8-13-6-3-5-11-13/h3,5-6,9,14H,4,7-8H2,1-2H3. The Morgan fingerprint density at radius 3 is 2.93 bits per heavy atom. The van der Waals surface area contributed by atoms with Gasteiger partial charge in [0, 0.05) is 26.0 Å². The highest BCUT2D eigenvalue weighted by Gasteiger charge is 2.09. The zero-order valence-corrected chi connectivity index (χ0v) is 9.13. The molecule has 1 aromatic heterocycles. The summed E-state index contributed by atoms with van der Waals surface area (Å²) in [6, 6.07) is 1.78. The highest BCUT2D eigenvalue weighted by molar-refractivity contribution is 5.75. The van der Waals surface area contributed by atoms with Crippen LogP contribution in [0.5, 0.6) is 0 Å². The minimum Gasteiger partial charge on any atom is -0.393 e. The SMILES string of the molecule is CC(O)CCN(C)C(=O)Cn1cccn1. The molecule has 0 aliphatic heterocycles. The minimum absolute atomic E-state index is 0.000602. The number of aromatic nitrogens is 2. The van der Waals surface area contributed by atoms with Crippen LogP contribution in [0.4, 0.5) is 0 Å². The number of aliphatic hydroxyl groups excluding tert-OH is 1. The van der Waals surface area contributed by atoms with Crippen LogP contribution in [0.25, 0.3) is 0 Å². The van der Waals surface area contributed by atoms with Crippen molar-refractivity contribution in [3.05, 3.63) is 18.5 Å². The molecular weight excluding hydrogens is 194 g/mol. The van der Waals surface area contributed by atoms with Crippen molar-refractivity contribution in [2.24, 2.45) is 0 Å². The van der Waals surface area contributed by atoms with Crippen molar-refractivity contribution in [2.75, 3.05) is 13.6 Å². The summed E-state index contributed by atoms with van der Waals surface area (Å²) in [5.41, 5.74) is 0. The third-order valence-electron chi connectivity index (χ3n) is 2.16. The van der Waals surface area contributed by atoms with E-state index in [-0.39, 0.29) is 18.6 Å². The molecule has 0 spiro atoms. The Bertz CT molecular complexity index is 296. The number of amides is 1. The second-order valence-corrected chi connectivity index (χ2v) is 3.66. The smallest absolute Gasteiger partial charge is 0.244 e. The molecule has 1 N–H and O–H groups in total. The lowest BCUT2D eigenvalue weighted by Crippen LogP contribution is -2.32. The first-order valence-electron chi connectivity index (χ1n) is 4.99. The Morgan fingerprint density at radius 2 is 2.40 bits per heavy atom. The number of nitrogens with zero attached hydrogens (tertiary/aromatic N) is 3. The summed E-state index contributed by atoms with van der Waals surface area (Å²) in [5.74, 6) is -0.000602. The maximum atomic E-state index is 11.6. The highest BCUT2D eigenvalue weighted by Crippen LogP contribution is 1.96. The van der Waals surface area contributed by atoms with E-state index >= 15 is 0 Å². The Balaban J connectivity index is 2.33. The number of hydrogen-bond acceptors (Lipinski definition) is 3. The first-order valence-corrected chi connectivity index (χ1v) is 4.99. The van der Waals surface area contributed by atoms with Gasteiger partial charge in [0.2, 0.25) is 5.91 Å². The number of aliphatic hydroxyl groups is 1. The molecule has 1 heterocycles. The van der Waals surface area contributed by atoms with E-state index in [1.54, 1.807) is 42.0 Å². The third-order valence-corrected chi connectivity index (χ3v) is 2.16. The molecule has 0 aromatic carbocycles. The first-order chi connectivity index (χ1) is 7.09. The van der Waals surface area contributed by atoms with Crippen LogP contribution >= 0.6 is 0 Å². The zero-order valence-electron chi connectivity index (χ0n) is 9.13. The molecule has 84 valence electrons. The fourth-order valence-corrected chi connectivity index (χ4v) is 1.16. The van der Waals surface area contributed by atoms with Crippen molar-refractivity contribution in [1.82, 2.24) is 14.7 Å². The summed E-state index contributed by atoms with van der Waals surface area (Å²) in [6.07, 6.45) is 3.62.